The Morgan fingerprint density at radius 1 is 0.829 bits per heavy atom. The van der Waals surface area contributed by atoms with Crippen LogP contribution in [0.4, 0.5) is 8.78 Å². The van der Waals surface area contributed by atoms with E-state index in [1.165, 1.54) is 43.6 Å². The maximum absolute atomic E-state index is 13.0. The van der Waals surface area contributed by atoms with Crippen molar-refractivity contribution in [2.75, 3.05) is 7.11 Å². The first-order valence-electron chi connectivity index (χ1n) is 10.9. The topological polar surface area (TPSA) is 221 Å². The zero-order valence-corrected chi connectivity index (χ0v) is 25.6. The number of hydroxylamine groups is 1. The molecule has 2 aromatic carbocycles. The van der Waals surface area contributed by atoms with Gasteiger partial charge in [-0.25, -0.2) is 25.0 Å². The van der Waals surface area contributed by atoms with Crippen molar-refractivity contribution in [3.8, 4) is 0 Å². The number of benzene rings is 2. The third-order valence-electron chi connectivity index (χ3n) is 4.75. The zero-order chi connectivity index (χ0) is 31.2. The number of aliphatic hydroxyl groups is 2. The predicted octanol–water partition coefficient (Wildman–Crippen LogP) is 1.57. The Kier molecular flexibility index (Phi) is 19.9. The third-order valence-corrected chi connectivity index (χ3v) is 5.96. The molecule has 0 aromatic heterocycles. The van der Waals surface area contributed by atoms with E-state index in [4.69, 9.17) is 10.4 Å². The molecule has 0 radical (unpaired) electrons. The van der Waals surface area contributed by atoms with Crippen LogP contribution in [-0.2, 0) is 14.3 Å². The molecule has 41 heavy (non-hydrogen) atoms. The fraction of sp³-hybridized carbons (Fsp3) is 0.304. The Labute approximate surface area is 256 Å². The molecule has 2 aromatic rings. The van der Waals surface area contributed by atoms with Crippen molar-refractivity contribution in [3.63, 3.8) is 0 Å². The van der Waals surface area contributed by atoms with Gasteiger partial charge >= 0.3 is 5.97 Å². The Balaban J connectivity index is 0. The number of halogens is 5. The van der Waals surface area contributed by atoms with E-state index in [1.807, 2.05) is 0 Å². The molecule has 0 bridgehead atoms. The summed E-state index contributed by atoms with van der Waals surface area (Å²) >= 11 is 5.88. The molecule has 0 unspecified atom stereocenters. The summed E-state index contributed by atoms with van der Waals surface area (Å²) in [5, 5.41) is 38.3. The minimum Gasteiger partial charge on any atom is -0.467 e. The smallest absolute Gasteiger partial charge is 0.331 e. The molecule has 0 saturated carbocycles. The van der Waals surface area contributed by atoms with Crippen molar-refractivity contribution in [3.05, 3.63) is 68.1 Å². The number of carbonyl (C=O) groups excluding carboxylic acids is 4. The minimum atomic E-state index is -1.32. The third kappa shape index (κ3) is 13.2. The Morgan fingerprint density at radius 2 is 1.20 bits per heavy atom. The molecule has 3 amide bonds. The van der Waals surface area contributed by atoms with E-state index in [0.29, 0.717) is 0 Å². The van der Waals surface area contributed by atoms with Crippen molar-refractivity contribution in [2.24, 2.45) is 5.90 Å². The van der Waals surface area contributed by atoms with Crippen LogP contribution < -0.4 is 22.0 Å². The number of nitrogens with one attached hydrogen (secondary N) is 3. The van der Waals surface area contributed by atoms with Gasteiger partial charge in [-0.05, 0) is 82.1 Å². The van der Waals surface area contributed by atoms with Gasteiger partial charge in [0.05, 0.1) is 28.3 Å². The summed E-state index contributed by atoms with van der Waals surface area (Å²) in [4.78, 5) is 46.3. The van der Waals surface area contributed by atoms with Crippen LogP contribution in [0.2, 0.25) is 0 Å². The van der Waals surface area contributed by atoms with Gasteiger partial charge in [-0.1, -0.05) is 0 Å². The van der Waals surface area contributed by atoms with Crippen molar-refractivity contribution in [1.82, 2.24) is 16.1 Å². The van der Waals surface area contributed by atoms with Crippen molar-refractivity contribution >= 4 is 68.0 Å². The molecular weight excluding hydrogens is 710 g/mol. The lowest BCUT2D eigenvalue weighted by molar-refractivity contribution is -0.145. The standard InChI is InChI=1S/C12H13BrFNO4.C11H12BrFN2O4.ClH.H3NO/c1-6(16)10(12(18)19-2)15-11(17)7-3-4-9(14)8(13)5-7;1-5(16)9(11(18)15-19)14-10(17)6-2-3-8(13)7(12)4-6;;1-2/h3-6,10,16H,1-2H3,(H,15,17);2-5,9,16,19H,1H3,(H,14,17)(H,15,18);1H;2H,1H2/t6-,10+;5-,9+;;/m11../s1. The first-order chi connectivity index (χ1) is 18.7. The van der Waals surface area contributed by atoms with E-state index in [2.05, 4.69) is 53.1 Å². The molecule has 13 nitrogen and oxygen atoms in total. The largest absolute Gasteiger partial charge is 0.467 e. The van der Waals surface area contributed by atoms with Crippen LogP contribution >= 0.6 is 44.3 Å². The number of nitrogens with two attached hydrogens (primary N) is 1. The van der Waals surface area contributed by atoms with E-state index >= 15 is 0 Å². The van der Waals surface area contributed by atoms with Gasteiger partial charge in [-0.2, -0.15) is 0 Å². The van der Waals surface area contributed by atoms with Gasteiger partial charge in [0.25, 0.3) is 17.7 Å². The first kappa shape index (κ1) is 40.4. The van der Waals surface area contributed by atoms with Gasteiger partial charge in [0.15, 0.2) is 6.04 Å². The second-order valence-corrected chi connectivity index (χ2v) is 9.35. The molecule has 0 fully saturated rings. The SMILES string of the molecule is COC(=O)[C@@H](NC(=O)c1ccc(F)c(Br)c1)[C@@H](C)O.C[C@@H](O)[C@H](NC(=O)c1ccc(F)c(Br)c1)C(=O)NO.Cl.NO. The van der Waals surface area contributed by atoms with Crippen LogP contribution in [0.25, 0.3) is 0 Å². The Hall–Kier alpha value is -2.77. The van der Waals surface area contributed by atoms with E-state index < -0.39 is 59.6 Å². The summed E-state index contributed by atoms with van der Waals surface area (Å²) in [5.74, 6) is -0.547. The molecule has 18 heteroatoms. The Bertz CT molecular complexity index is 1090. The molecule has 0 aliphatic heterocycles. The molecule has 2 rings (SSSR count). The van der Waals surface area contributed by atoms with Crippen LogP contribution in [-0.4, -0.2) is 75.7 Å². The average molecular weight is 739 g/mol. The van der Waals surface area contributed by atoms with Gasteiger partial charge in [0, 0.05) is 11.1 Å². The molecule has 0 aliphatic rings. The fourth-order valence-electron chi connectivity index (χ4n) is 2.70. The molecule has 4 atom stereocenters. The number of amides is 3. The highest BCUT2D eigenvalue weighted by molar-refractivity contribution is 9.10. The van der Waals surface area contributed by atoms with Crippen molar-refractivity contribution in [1.29, 1.82) is 0 Å². The minimum absolute atomic E-state index is 0. The highest BCUT2D eigenvalue weighted by Gasteiger charge is 2.27. The molecule has 0 aliphatic carbocycles. The van der Waals surface area contributed by atoms with E-state index in [-0.39, 0.29) is 32.5 Å². The molecule has 0 spiro atoms. The van der Waals surface area contributed by atoms with Crippen molar-refractivity contribution < 1.29 is 53.3 Å². The van der Waals surface area contributed by atoms with Crippen LogP contribution in [0.15, 0.2) is 45.3 Å². The fourth-order valence-corrected chi connectivity index (χ4v) is 3.46. The number of hydrogen-bond acceptors (Lipinski definition) is 10. The van der Waals surface area contributed by atoms with E-state index in [1.54, 1.807) is 0 Å². The zero-order valence-electron chi connectivity index (χ0n) is 21.6. The predicted molar refractivity (Wildman–Crippen MR) is 149 cm³/mol. The van der Waals surface area contributed by atoms with Crippen LogP contribution in [0.1, 0.15) is 34.6 Å². The summed E-state index contributed by atoms with van der Waals surface area (Å²) in [6.45, 7) is 2.63. The number of esters is 1. The van der Waals surface area contributed by atoms with Gasteiger partial charge in [-0.15, -0.1) is 12.4 Å². The van der Waals surface area contributed by atoms with E-state index in [9.17, 15) is 38.2 Å². The number of hydrogen-bond donors (Lipinski definition) is 8. The number of rotatable bonds is 8. The van der Waals surface area contributed by atoms with Crippen LogP contribution in [0.5, 0.6) is 0 Å². The molecule has 230 valence electrons. The lowest BCUT2D eigenvalue weighted by Gasteiger charge is -2.19. The Morgan fingerprint density at radius 3 is 1.49 bits per heavy atom. The maximum Gasteiger partial charge on any atom is 0.331 e. The molecule has 0 saturated heterocycles. The average Bonchev–Trinajstić information content (AvgIpc) is 2.93. The van der Waals surface area contributed by atoms with Gasteiger partial charge in [0.1, 0.15) is 17.7 Å². The number of carbonyl (C=O) groups is 4. The molecule has 9 N–H and O–H groups in total. The highest BCUT2D eigenvalue weighted by atomic mass is 79.9. The van der Waals surface area contributed by atoms with Gasteiger partial charge in [-0.3, -0.25) is 19.6 Å². The maximum atomic E-state index is 13.0. The second kappa shape index (κ2) is 20.2. The van der Waals surface area contributed by atoms with Crippen LogP contribution in [0, 0.1) is 11.6 Å². The summed E-state index contributed by atoms with van der Waals surface area (Å²) in [5.41, 5.74) is 1.60. The van der Waals surface area contributed by atoms with Crippen molar-refractivity contribution in [2.45, 2.75) is 38.1 Å². The van der Waals surface area contributed by atoms with E-state index in [0.717, 1.165) is 19.2 Å². The van der Waals surface area contributed by atoms with Gasteiger partial charge < -0.3 is 30.8 Å². The number of methoxy groups -OCH3 is 1. The summed E-state index contributed by atoms with van der Waals surface area (Å²) < 4.78 is 30.8. The number of aliphatic hydroxyl groups excluding tert-OH is 2. The summed E-state index contributed by atoms with van der Waals surface area (Å²) in [7, 11) is 1.15. The normalized spacial score (nSPS) is 12.7. The molecular formula is C23H29Br2ClF2N4O9. The monoisotopic (exact) mass is 736 g/mol. The second-order valence-electron chi connectivity index (χ2n) is 7.64. The van der Waals surface area contributed by atoms with Crippen LogP contribution in [0.3, 0.4) is 0 Å². The summed E-state index contributed by atoms with van der Waals surface area (Å²) in [6, 6.07) is 4.72. The lowest BCUT2D eigenvalue weighted by atomic mass is 10.1. The highest BCUT2D eigenvalue weighted by Crippen LogP contribution is 2.18. The van der Waals surface area contributed by atoms with Gasteiger partial charge in [0.2, 0.25) is 0 Å². The molecule has 0 heterocycles. The lowest BCUT2D eigenvalue weighted by Crippen LogP contribution is -2.51. The first-order valence-corrected chi connectivity index (χ1v) is 12.5. The summed E-state index contributed by atoms with van der Waals surface area (Å²) in [6.07, 6.45) is -2.32. The number of ether oxygens (including phenoxy) is 1. The quantitative estimate of drug-likeness (QED) is 0.111.